The highest BCUT2D eigenvalue weighted by Gasteiger charge is 2.51. The Kier molecular flexibility index (Phi) is 2.74. The minimum Gasteiger partial charge on any atom is -0.377 e. The number of rotatable bonds is 2. The van der Waals surface area contributed by atoms with Gasteiger partial charge in [0.1, 0.15) is 7.85 Å². The van der Waals surface area contributed by atoms with Gasteiger partial charge in [-0.2, -0.15) is 0 Å². The monoisotopic (exact) mass is 204 g/mol. The summed E-state index contributed by atoms with van der Waals surface area (Å²) in [5.41, 5.74) is 1.38. The molecule has 1 aliphatic carbocycles. The van der Waals surface area contributed by atoms with Crippen LogP contribution in [0.15, 0.2) is 11.6 Å². The van der Waals surface area contributed by atoms with Crippen LogP contribution in [0.2, 0.25) is 0 Å². The van der Waals surface area contributed by atoms with Crippen molar-refractivity contribution < 1.29 is 4.74 Å². The molecule has 1 aliphatic heterocycles. The standard InChI is InChI=1S/C13H21BO/c1-8(2)6-13-7-9(3)5-11(10(13)4)12(14)15-13/h7-8,10-12H,5-6H2,1-4H3. The molecular formula is C13H21BO. The van der Waals surface area contributed by atoms with Crippen molar-refractivity contribution in [3.63, 3.8) is 0 Å². The van der Waals surface area contributed by atoms with Crippen LogP contribution in [-0.4, -0.2) is 19.5 Å². The number of allylic oxidation sites excluding steroid dienone is 1. The van der Waals surface area contributed by atoms with Crippen LogP contribution in [0, 0.1) is 17.8 Å². The minimum atomic E-state index is -0.0689. The van der Waals surface area contributed by atoms with E-state index < -0.39 is 0 Å². The number of hydrogen-bond donors (Lipinski definition) is 0. The molecule has 4 unspecified atom stereocenters. The lowest BCUT2D eigenvalue weighted by Crippen LogP contribution is -2.37. The van der Waals surface area contributed by atoms with Crippen LogP contribution >= 0.6 is 0 Å². The van der Waals surface area contributed by atoms with E-state index in [1.807, 2.05) is 0 Å². The van der Waals surface area contributed by atoms with Gasteiger partial charge in [-0.1, -0.05) is 32.4 Å². The molecule has 1 nitrogen and oxygen atoms in total. The van der Waals surface area contributed by atoms with Crippen molar-refractivity contribution in [1.82, 2.24) is 0 Å². The largest absolute Gasteiger partial charge is 0.377 e. The van der Waals surface area contributed by atoms with Crippen molar-refractivity contribution in [2.24, 2.45) is 17.8 Å². The summed E-state index contributed by atoms with van der Waals surface area (Å²) in [5, 5.41) is 0. The van der Waals surface area contributed by atoms with Crippen LogP contribution in [0.4, 0.5) is 0 Å². The van der Waals surface area contributed by atoms with Crippen molar-refractivity contribution in [2.45, 2.75) is 52.1 Å². The average molecular weight is 204 g/mol. The van der Waals surface area contributed by atoms with Crippen LogP contribution in [-0.2, 0) is 4.74 Å². The molecule has 2 bridgehead atoms. The van der Waals surface area contributed by atoms with Crippen molar-refractivity contribution in [3.05, 3.63) is 11.6 Å². The average Bonchev–Trinajstić information content (AvgIpc) is 2.26. The highest BCUT2D eigenvalue weighted by Crippen LogP contribution is 2.50. The Bertz CT molecular complexity index is 284. The Balaban J connectivity index is 2.31. The second-order valence-corrected chi connectivity index (χ2v) is 5.78. The maximum absolute atomic E-state index is 6.08. The number of fused-ring (bicyclic) bond motifs is 2. The highest BCUT2D eigenvalue weighted by molar-refractivity contribution is 6.11. The van der Waals surface area contributed by atoms with Crippen LogP contribution in [0.25, 0.3) is 0 Å². The first-order valence-corrected chi connectivity index (χ1v) is 6.06. The van der Waals surface area contributed by atoms with Crippen molar-refractivity contribution in [1.29, 1.82) is 0 Å². The Labute approximate surface area is 94.7 Å². The number of hydrogen-bond acceptors (Lipinski definition) is 1. The van der Waals surface area contributed by atoms with E-state index in [0.717, 1.165) is 12.8 Å². The van der Waals surface area contributed by atoms with E-state index in [9.17, 15) is 0 Å². The fourth-order valence-corrected chi connectivity index (χ4v) is 3.33. The molecule has 1 saturated heterocycles. The molecule has 2 radical (unpaired) electrons. The summed E-state index contributed by atoms with van der Waals surface area (Å²) in [7, 11) is 6.08. The second-order valence-electron chi connectivity index (χ2n) is 5.78. The van der Waals surface area contributed by atoms with E-state index in [2.05, 4.69) is 33.8 Å². The quantitative estimate of drug-likeness (QED) is 0.496. The van der Waals surface area contributed by atoms with Gasteiger partial charge in [0.05, 0.1) is 5.60 Å². The first kappa shape index (κ1) is 11.3. The molecule has 0 saturated carbocycles. The van der Waals surface area contributed by atoms with E-state index in [1.165, 1.54) is 5.57 Å². The Hall–Kier alpha value is -0.235. The fourth-order valence-electron chi connectivity index (χ4n) is 3.33. The van der Waals surface area contributed by atoms with Crippen LogP contribution in [0.3, 0.4) is 0 Å². The first-order chi connectivity index (χ1) is 6.94. The van der Waals surface area contributed by atoms with E-state index in [4.69, 9.17) is 12.6 Å². The fraction of sp³-hybridized carbons (Fsp3) is 0.846. The predicted octanol–water partition coefficient (Wildman–Crippen LogP) is 2.90. The lowest BCUT2D eigenvalue weighted by molar-refractivity contribution is -0.00662. The Morgan fingerprint density at radius 2 is 2.27 bits per heavy atom. The summed E-state index contributed by atoms with van der Waals surface area (Å²) in [6, 6.07) is -0.0625. The SMILES string of the molecule is [B]C1OC2(CC(C)C)C=C(C)CC1C2C. The van der Waals surface area contributed by atoms with Gasteiger partial charge in [-0.05, 0) is 37.5 Å². The van der Waals surface area contributed by atoms with Gasteiger partial charge in [0, 0.05) is 6.00 Å². The molecule has 0 amide bonds. The van der Waals surface area contributed by atoms with Gasteiger partial charge in [0.25, 0.3) is 0 Å². The van der Waals surface area contributed by atoms with E-state index >= 15 is 0 Å². The maximum Gasteiger partial charge on any atom is 0.109 e. The molecule has 1 heterocycles. The zero-order valence-electron chi connectivity index (χ0n) is 10.3. The summed E-state index contributed by atoms with van der Waals surface area (Å²) >= 11 is 0. The molecule has 4 atom stereocenters. The molecule has 0 aromatic heterocycles. The van der Waals surface area contributed by atoms with E-state index in [1.54, 1.807) is 0 Å². The third kappa shape index (κ3) is 1.77. The molecule has 1 fully saturated rings. The molecule has 0 aromatic rings. The second kappa shape index (κ2) is 3.66. The minimum absolute atomic E-state index is 0.0625. The van der Waals surface area contributed by atoms with Crippen LogP contribution < -0.4 is 0 Å². The first-order valence-electron chi connectivity index (χ1n) is 6.06. The van der Waals surface area contributed by atoms with Crippen molar-refractivity contribution >= 4 is 7.85 Å². The zero-order chi connectivity index (χ0) is 11.2. The molecule has 0 spiro atoms. The van der Waals surface area contributed by atoms with Crippen molar-refractivity contribution in [2.75, 3.05) is 0 Å². The van der Waals surface area contributed by atoms with Gasteiger partial charge in [0.2, 0.25) is 0 Å². The Morgan fingerprint density at radius 3 is 2.87 bits per heavy atom. The molecule has 2 aliphatic rings. The van der Waals surface area contributed by atoms with Gasteiger partial charge >= 0.3 is 0 Å². The molecular weight excluding hydrogens is 183 g/mol. The van der Waals surface area contributed by atoms with Gasteiger partial charge in [0.15, 0.2) is 0 Å². The molecule has 2 rings (SSSR count). The van der Waals surface area contributed by atoms with Crippen molar-refractivity contribution in [3.8, 4) is 0 Å². The highest BCUT2D eigenvalue weighted by atomic mass is 16.5. The lowest BCUT2D eigenvalue weighted by Gasteiger charge is -2.36. The third-order valence-corrected chi connectivity index (χ3v) is 3.97. The Morgan fingerprint density at radius 1 is 1.60 bits per heavy atom. The summed E-state index contributed by atoms with van der Waals surface area (Å²) in [4.78, 5) is 0. The summed E-state index contributed by atoms with van der Waals surface area (Å²) in [5.74, 6) is 1.74. The molecule has 0 aromatic carbocycles. The van der Waals surface area contributed by atoms with Gasteiger partial charge in [-0.25, -0.2) is 0 Å². The molecule has 0 N–H and O–H groups in total. The predicted molar refractivity (Wildman–Crippen MR) is 63.8 cm³/mol. The van der Waals surface area contributed by atoms with Gasteiger partial charge in [-0.3, -0.25) is 0 Å². The third-order valence-electron chi connectivity index (χ3n) is 3.97. The lowest BCUT2D eigenvalue weighted by atomic mass is 9.67. The van der Waals surface area contributed by atoms with E-state index in [0.29, 0.717) is 17.8 Å². The van der Waals surface area contributed by atoms with Crippen LogP contribution in [0.5, 0.6) is 0 Å². The zero-order valence-corrected chi connectivity index (χ0v) is 10.3. The summed E-state index contributed by atoms with van der Waals surface area (Å²) in [6.45, 7) is 9.00. The molecule has 15 heavy (non-hydrogen) atoms. The number of ether oxygens (including phenoxy) is 1. The smallest absolute Gasteiger partial charge is 0.109 e. The summed E-state index contributed by atoms with van der Waals surface area (Å²) < 4.78 is 6.07. The van der Waals surface area contributed by atoms with Gasteiger partial charge in [-0.15, -0.1) is 0 Å². The summed E-state index contributed by atoms with van der Waals surface area (Å²) in [6.07, 6.45) is 4.54. The molecule has 82 valence electrons. The normalized spacial score (nSPS) is 44.6. The maximum atomic E-state index is 6.08. The topological polar surface area (TPSA) is 9.23 Å². The molecule has 2 heteroatoms. The van der Waals surface area contributed by atoms with E-state index in [-0.39, 0.29) is 11.6 Å². The van der Waals surface area contributed by atoms with Gasteiger partial charge < -0.3 is 4.74 Å². The van der Waals surface area contributed by atoms with Crippen LogP contribution in [0.1, 0.15) is 40.5 Å².